The summed E-state index contributed by atoms with van der Waals surface area (Å²) in [6.45, 7) is 7.24. The summed E-state index contributed by atoms with van der Waals surface area (Å²) in [6.07, 6.45) is 8.81. The molecule has 1 atom stereocenters. The quantitative estimate of drug-likeness (QED) is 0.508. The van der Waals surface area contributed by atoms with Gasteiger partial charge in [0.15, 0.2) is 5.82 Å². The summed E-state index contributed by atoms with van der Waals surface area (Å²) in [6, 6.07) is 10.3. The van der Waals surface area contributed by atoms with E-state index in [-0.39, 0.29) is 17.4 Å². The fraction of sp³-hybridized carbons (Fsp3) is 0.419. The van der Waals surface area contributed by atoms with E-state index < -0.39 is 0 Å². The molecule has 8 nitrogen and oxygen atoms in total. The van der Waals surface area contributed by atoms with Gasteiger partial charge in [0.1, 0.15) is 5.82 Å². The molecule has 8 heteroatoms. The number of fused-ring (bicyclic) bond motifs is 2. The number of carbonyl (C=O) groups is 1. The van der Waals surface area contributed by atoms with Crippen LogP contribution in [-0.2, 0) is 17.6 Å². The molecule has 39 heavy (non-hydrogen) atoms. The van der Waals surface area contributed by atoms with E-state index in [1.165, 1.54) is 11.1 Å². The first-order valence-electron chi connectivity index (χ1n) is 14.0. The Labute approximate surface area is 230 Å². The van der Waals surface area contributed by atoms with Gasteiger partial charge in [0.25, 0.3) is 5.91 Å². The van der Waals surface area contributed by atoms with Gasteiger partial charge in [-0.1, -0.05) is 12.0 Å². The number of rotatable bonds is 3. The summed E-state index contributed by atoms with van der Waals surface area (Å²) >= 11 is 0. The number of aryl methyl sites for hydroxylation is 2. The lowest BCUT2D eigenvalue weighted by atomic mass is 9.73. The topological polar surface area (TPSA) is 100 Å². The van der Waals surface area contributed by atoms with E-state index in [2.05, 4.69) is 57.1 Å². The molecule has 1 fully saturated rings. The number of hydrogen-bond donors (Lipinski definition) is 2. The van der Waals surface area contributed by atoms with Gasteiger partial charge in [-0.3, -0.25) is 9.78 Å². The van der Waals surface area contributed by atoms with E-state index in [1.54, 1.807) is 0 Å². The normalized spacial score (nSPS) is 19.2. The number of nitrogens with zero attached hydrogens (tertiary/aromatic N) is 5. The maximum absolute atomic E-state index is 11.7. The molecule has 2 aliphatic heterocycles. The molecule has 6 rings (SSSR count). The van der Waals surface area contributed by atoms with E-state index in [4.69, 9.17) is 15.7 Å². The van der Waals surface area contributed by atoms with Crippen LogP contribution in [0.25, 0.3) is 0 Å². The number of nitrogens with two attached hydrogens (primary N) is 1. The van der Waals surface area contributed by atoms with Crippen molar-refractivity contribution in [3.05, 3.63) is 70.8 Å². The van der Waals surface area contributed by atoms with Gasteiger partial charge in [-0.05, 0) is 86.8 Å². The number of hydrogen-bond acceptors (Lipinski definition) is 7. The lowest BCUT2D eigenvalue weighted by Crippen LogP contribution is -2.45. The van der Waals surface area contributed by atoms with E-state index in [1.807, 2.05) is 31.5 Å². The smallest absolute Gasteiger partial charge is 0.296 e. The molecule has 4 heterocycles. The van der Waals surface area contributed by atoms with Crippen molar-refractivity contribution in [2.75, 3.05) is 36.0 Å². The molecule has 1 saturated heterocycles. The summed E-state index contributed by atoms with van der Waals surface area (Å²) in [5.74, 6) is 7.26. The highest BCUT2D eigenvalue weighted by atomic mass is 16.1. The molecule has 3 N–H and O–H groups in total. The van der Waals surface area contributed by atoms with E-state index in [0.29, 0.717) is 6.54 Å². The zero-order valence-corrected chi connectivity index (χ0v) is 22.7. The van der Waals surface area contributed by atoms with Crippen molar-refractivity contribution < 1.29 is 4.79 Å². The molecular weight excluding hydrogens is 486 g/mol. The first-order chi connectivity index (χ1) is 19.0. The van der Waals surface area contributed by atoms with Crippen LogP contribution in [0.2, 0.25) is 0 Å². The second-order valence-corrected chi connectivity index (χ2v) is 10.9. The van der Waals surface area contributed by atoms with Crippen molar-refractivity contribution >= 4 is 23.2 Å². The zero-order valence-electron chi connectivity index (χ0n) is 22.7. The average molecular weight is 522 g/mol. The monoisotopic (exact) mass is 521 g/mol. The highest BCUT2D eigenvalue weighted by molar-refractivity contribution is 5.94. The molecule has 0 radical (unpaired) electrons. The van der Waals surface area contributed by atoms with Gasteiger partial charge in [0, 0.05) is 49.9 Å². The Hall–Kier alpha value is -3.96. The molecule has 1 amide bonds. The Bertz CT molecular complexity index is 1470. The van der Waals surface area contributed by atoms with Crippen molar-refractivity contribution in [3.63, 3.8) is 0 Å². The molecule has 3 aliphatic rings. The molecule has 1 aromatic carbocycles. The van der Waals surface area contributed by atoms with Crippen molar-refractivity contribution in [2.24, 2.45) is 11.1 Å². The Kier molecular flexibility index (Phi) is 6.69. The third-order valence-corrected chi connectivity index (χ3v) is 8.54. The zero-order chi connectivity index (χ0) is 27.0. The summed E-state index contributed by atoms with van der Waals surface area (Å²) in [7, 11) is 0. The molecule has 0 bridgehead atoms. The van der Waals surface area contributed by atoms with Gasteiger partial charge in [0.05, 0.1) is 23.3 Å². The van der Waals surface area contributed by atoms with Crippen molar-refractivity contribution in [1.29, 1.82) is 0 Å². The maximum atomic E-state index is 11.7. The van der Waals surface area contributed by atoms with Gasteiger partial charge in [-0.25, -0.2) is 9.97 Å². The van der Waals surface area contributed by atoms with Crippen molar-refractivity contribution in [3.8, 4) is 11.8 Å². The summed E-state index contributed by atoms with van der Waals surface area (Å²) in [5, 5.41) is 2.71. The number of benzene rings is 1. The fourth-order valence-electron chi connectivity index (χ4n) is 6.46. The van der Waals surface area contributed by atoms with Gasteiger partial charge < -0.3 is 20.9 Å². The molecule has 0 unspecified atom stereocenters. The minimum Gasteiger partial charge on any atom is -0.355 e. The standard InChI is InChI=1S/C31H35N7O/c1-3-33-28(39)11-9-22-8-10-23-19-31(29(32)24(23)18-22)12-16-37(17-13-31)30-21(2)36-27(20-35-30)38-15-5-6-25-26(38)7-4-14-34-25/h4,7-8,10,14,18,20,29H,3,5-6,12-13,15-17,19,32H2,1-2H3,(H,33,39)/t29-/m1/s1. The predicted molar refractivity (Wildman–Crippen MR) is 153 cm³/mol. The number of aromatic nitrogens is 3. The molecule has 200 valence electrons. The molecule has 1 spiro atoms. The predicted octanol–water partition coefficient (Wildman–Crippen LogP) is 3.59. The van der Waals surface area contributed by atoms with Crippen LogP contribution in [0, 0.1) is 24.2 Å². The van der Waals surface area contributed by atoms with Crippen LogP contribution in [0.1, 0.15) is 60.3 Å². The third kappa shape index (κ3) is 4.72. The molecule has 2 aromatic heterocycles. The molecule has 1 aliphatic carbocycles. The van der Waals surface area contributed by atoms with Crippen LogP contribution in [0.3, 0.4) is 0 Å². The van der Waals surface area contributed by atoms with Crippen molar-refractivity contribution in [2.45, 2.75) is 52.0 Å². The summed E-state index contributed by atoms with van der Waals surface area (Å²) in [4.78, 5) is 30.8. The number of amides is 1. The van der Waals surface area contributed by atoms with Crippen LogP contribution >= 0.6 is 0 Å². The summed E-state index contributed by atoms with van der Waals surface area (Å²) in [5.41, 5.74) is 13.5. The van der Waals surface area contributed by atoms with Crippen LogP contribution in [0.4, 0.5) is 17.3 Å². The van der Waals surface area contributed by atoms with Gasteiger partial charge in [-0.2, -0.15) is 0 Å². The first kappa shape index (κ1) is 25.3. The van der Waals surface area contributed by atoms with Crippen molar-refractivity contribution in [1.82, 2.24) is 20.3 Å². The lowest BCUT2D eigenvalue weighted by molar-refractivity contribution is -0.115. The number of anilines is 3. The number of nitrogens with one attached hydrogen (secondary N) is 1. The van der Waals surface area contributed by atoms with E-state index >= 15 is 0 Å². The van der Waals surface area contributed by atoms with Gasteiger partial charge in [-0.15, -0.1) is 0 Å². The van der Waals surface area contributed by atoms with E-state index in [0.717, 1.165) is 86.0 Å². The molecular formula is C31H35N7O. The van der Waals surface area contributed by atoms with E-state index in [9.17, 15) is 4.79 Å². The Balaban J connectivity index is 1.15. The summed E-state index contributed by atoms with van der Waals surface area (Å²) < 4.78 is 0. The Morgan fingerprint density at radius 3 is 2.85 bits per heavy atom. The molecule has 0 saturated carbocycles. The van der Waals surface area contributed by atoms with Gasteiger partial charge >= 0.3 is 0 Å². The number of carbonyl (C=O) groups excluding carboxylic acids is 1. The average Bonchev–Trinajstić information content (AvgIpc) is 3.22. The Morgan fingerprint density at radius 1 is 1.21 bits per heavy atom. The second kappa shape index (κ2) is 10.3. The number of piperidine rings is 1. The Morgan fingerprint density at radius 2 is 2.05 bits per heavy atom. The van der Waals surface area contributed by atoms with Crippen LogP contribution in [0.15, 0.2) is 42.7 Å². The van der Waals surface area contributed by atoms with Gasteiger partial charge in [0.2, 0.25) is 0 Å². The highest BCUT2D eigenvalue weighted by Crippen LogP contribution is 2.51. The molecule has 3 aromatic rings. The van der Waals surface area contributed by atoms with Crippen LogP contribution in [-0.4, -0.2) is 47.0 Å². The second-order valence-electron chi connectivity index (χ2n) is 10.9. The minimum atomic E-state index is -0.254. The third-order valence-electron chi connectivity index (χ3n) is 8.54. The maximum Gasteiger partial charge on any atom is 0.296 e. The lowest BCUT2D eigenvalue weighted by Gasteiger charge is -2.43. The minimum absolute atomic E-state index is 0.0380. The fourth-order valence-corrected chi connectivity index (χ4v) is 6.46. The largest absolute Gasteiger partial charge is 0.355 e. The SMILES string of the molecule is CCNC(=O)C#Cc1ccc2c(c1)[C@@H](N)C1(CCN(c3ncc(N4CCCc5ncccc54)nc3C)CC1)C2. The highest BCUT2D eigenvalue weighted by Gasteiger charge is 2.46. The first-order valence-corrected chi connectivity index (χ1v) is 14.0. The van der Waals surface area contributed by atoms with Crippen LogP contribution in [0.5, 0.6) is 0 Å². The van der Waals surface area contributed by atoms with Crippen LogP contribution < -0.4 is 20.9 Å². The number of pyridine rings is 1.